The quantitative estimate of drug-likeness (QED) is 0.687. The van der Waals surface area contributed by atoms with Gasteiger partial charge in [-0.3, -0.25) is 0 Å². The number of hydrogen-bond acceptors (Lipinski definition) is 4. The van der Waals surface area contributed by atoms with Gasteiger partial charge in [0.2, 0.25) is 0 Å². The van der Waals surface area contributed by atoms with E-state index in [1.807, 2.05) is 19.1 Å². The smallest absolute Gasteiger partial charge is 0.380 e. The summed E-state index contributed by atoms with van der Waals surface area (Å²) in [4.78, 5) is 0. The summed E-state index contributed by atoms with van der Waals surface area (Å²) < 4.78 is 27.1. The van der Waals surface area contributed by atoms with Gasteiger partial charge >= 0.3 is 10.3 Å². The summed E-state index contributed by atoms with van der Waals surface area (Å²) in [5.74, 6) is 0.392. The molecule has 3 aromatic rings. The molecule has 130 valence electrons. The average Bonchev–Trinajstić information content (AvgIpc) is 2.57. The predicted octanol–water partition coefficient (Wildman–Crippen LogP) is 3.47. The first-order valence-corrected chi connectivity index (χ1v) is 9.74. The minimum Gasteiger partial charge on any atom is -0.507 e. The van der Waals surface area contributed by atoms with E-state index in [0.29, 0.717) is 5.56 Å². The predicted molar refractivity (Wildman–Crippen MR) is 98.2 cm³/mol. The Bertz CT molecular complexity index is 1120. The van der Waals surface area contributed by atoms with Crippen molar-refractivity contribution in [3.63, 3.8) is 0 Å². The van der Waals surface area contributed by atoms with Crippen LogP contribution in [0.4, 0.5) is 0 Å². The van der Waals surface area contributed by atoms with Gasteiger partial charge in [0.1, 0.15) is 11.5 Å². The maximum absolute atomic E-state index is 11.2. The van der Waals surface area contributed by atoms with Gasteiger partial charge in [0.15, 0.2) is 0 Å². The molecule has 25 heavy (non-hydrogen) atoms. The van der Waals surface area contributed by atoms with Gasteiger partial charge < -0.3 is 9.29 Å². The van der Waals surface area contributed by atoms with E-state index in [4.69, 9.17) is 9.32 Å². The number of hydrogen-bond donors (Lipinski definition) is 2. The van der Waals surface area contributed by atoms with Crippen LogP contribution in [0.2, 0.25) is 0 Å². The van der Waals surface area contributed by atoms with Crippen molar-refractivity contribution in [1.82, 2.24) is 0 Å². The average molecular weight is 357 g/mol. The van der Waals surface area contributed by atoms with E-state index >= 15 is 0 Å². The summed E-state index contributed by atoms with van der Waals surface area (Å²) in [5, 5.41) is 19.4. The van der Waals surface area contributed by atoms with Crippen molar-refractivity contribution in [2.45, 2.75) is 32.6 Å². The third kappa shape index (κ3) is 2.71. The van der Waals surface area contributed by atoms with Crippen LogP contribution in [0.5, 0.6) is 11.5 Å². The molecule has 3 N–H and O–H groups in total. The first-order valence-electron chi connectivity index (χ1n) is 8.27. The third-order valence-corrected chi connectivity index (χ3v) is 5.45. The van der Waals surface area contributed by atoms with Crippen molar-refractivity contribution < 1.29 is 17.7 Å². The molecule has 4 rings (SSSR count). The second kappa shape index (κ2) is 5.61. The van der Waals surface area contributed by atoms with E-state index in [2.05, 4.69) is 6.07 Å². The second-order valence-corrected chi connectivity index (χ2v) is 7.74. The van der Waals surface area contributed by atoms with Crippen molar-refractivity contribution in [2.24, 2.45) is 5.14 Å². The van der Waals surface area contributed by atoms with E-state index in [-0.39, 0.29) is 11.5 Å². The number of phenolic OH excluding ortho intramolecular Hbond substituents is 1. The Morgan fingerprint density at radius 1 is 1.04 bits per heavy atom. The highest BCUT2D eigenvalue weighted by Crippen LogP contribution is 2.42. The molecule has 0 radical (unpaired) electrons. The minimum absolute atomic E-state index is 0.134. The summed E-state index contributed by atoms with van der Waals surface area (Å²) >= 11 is 0. The normalized spacial score (nSPS) is 14.6. The van der Waals surface area contributed by atoms with Crippen molar-refractivity contribution in [2.75, 3.05) is 0 Å². The molecule has 0 bridgehead atoms. The van der Waals surface area contributed by atoms with Crippen LogP contribution < -0.4 is 9.32 Å². The fourth-order valence-electron chi connectivity index (χ4n) is 3.89. The molecule has 6 heteroatoms. The molecule has 0 atom stereocenters. The number of rotatable bonds is 2. The molecule has 0 fully saturated rings. The third-order valence-electron chi connectivity index (χ3n) is 5.02. The number of phenols is 1. The van der Waals surface area contributed by atoms with Gasteiger partial charge in [-0.05, 0) is 83.7 Å². The largest absolute Gasteiger partial charge is 0.507 e. The van der Waals surface area contributed by atoms with E-state index in [1.165, 1.54) is 17.5 Å². The van der Waals surface area contributed by atoms with Crippen LogP contribution in [0.3, 0.4) is 0 Å². The van der Waals surface area contributed by atoms with Crippen molar-refractivity contribution in [3.8, 4) is 11.5 Å². The van der Waals surface area contributed by atoms with Crippen LogP contribution in [0.25, 0.3) is 21.5 Å². The van der Waals surface area contributed by atoms with E-state index in [0.717, 1.165) is 40.8 Å². The molecule has 0 aromatic heterocycles. The van der Waals surface area contributed by atoms with Crippen LogP contribution >= 0.6 is 0 Å². The Morgan fingerprint density at radius 2 is 1.76 bits per heavy atom. The van der Waals surface area contributed by atoms with Crippen molar-refractivity contribution in [3.05, 3.63) is 47.0 Å². The maximum Gasteiger partial charge on any atom is 0.380 e. The molecule has 1 aliphatic carbocycles. The Hall–Kier alpha value is -2.31. The summed E-state index contributed by atoms with van der Waals surface area (Å²) in [6.07, 6.45) is 4.32. The van der Waals surface area contributed by atoms with Gasteiger partial charge in [-0.15, -0.1) is 0 Å². The van der Waals surface area contributed by atoms with E-state index < -0.39 is 10.3 Å². The van der Waals surface area contributed by atoms with Gasteiger partial charge in [-0.1, -0.05) is 12.1 Å². The molecule has 0 unspecified atom stereocenters. The van der Waals surface area contributed by atoms with Gasteiger partial charge in [-0.25, -0.2) is 0 Å². The van der Waals surface area contributed by atoms with E-state index in [9.17, 15) is 13.5 Å². The Kier molecular flexibility index (Phi) is 3.63. The highest BCUT2D eigenvalue weighted by atomic mass is 32.2. The Morgan fingerprint density at radius 3 is 2.52 bits per heavy atom. The number of benzene rings is 3. The first-order chi connectivity index (χ1) is 11.8. The lowest BCUT2D eigenvalue weighted by Gasteiger charge is -2.21. The van der Waals surface area contributed by atoms with Crippen LogP contribution in [0.15, 0.2) is 30.3 Å². The SMILES string of the molecule is Cc1c(O)c2c3c(ccc2c2ccc(OS(N)(=O)=O)cc12)CCCC3. The van der Waals surface area contributed by atoms with Crippen molar-refractivity contribution in [1.29, 1.82) is 0 Å². The molecule has 0 saturated heterocycles. The molecule has 0 amide bonds. The van der Waals surface area contributed by atoms with Crippen molar-refractivity contribution >= 4 is 31.8 Å². The molecule has 0 heterocycles. The lowest BCUT2D eigenvalue weighted by atomic mass is 9.85. The molecule has 0 saturated carbocycles. The fraction of sp³-hybridized carbons (Fsp3) is 0.263. The van der Waals surface area contributed by atoms with Gasteiger partial charge in [0.05, 0.1) is 0 Å². The molecular weight excluding hydrogens is 338 g/mol. The topological polar surface area (TPSA) is 89.6 Å². The zero-order valence-electron chi connectivity index (χ0n) is 13.9. The number of aromatic hydroxyl groups is 1. The standard InChI is InChI=1S/C19H19NO4S/c1-11-17-10-13(24-25(20,22)23)7-9-15(17)16-8-6-12-4-2-3-5-14(12)18(16)19(11)21/h6-10,21H,2-5H2,1H3,(H2,20,22,23). The Labute approximate surface area is 146 Å². The zero-order valence-corrected chi connectivity index (χ0v) is 14.7. The molecule has 3 aromatic carbocycles. The fourth-order valence-corrected chi connectivity index (χ4v) is 4.26. The summed E-state index contributed by atoms with van der Waals surface area (Å²) in [6, 6.07) is 9.19. The maximum atomic E-state index is 11.2. The number of aryl methyl sites for hydroxylation is 3. The van der Waals surface area contributed by atoms with Crippen LogP contribution in [-0.2, 0) is 23.1 Å². The molecular formula is C19H19NO4S. The van der Waals surface area contributed by atoms with E-state index in [1.54, 1.807) is 12.1 Å². The zero-order chi connectivity index (χ0) is 17.8. The lowest BCUT2D eigenvalue weighted by molar-refractivity contribution is 0.477. The second-order valence-electron chi connectivity index (χ2n) is 6.59. The monoisotopic (exact) mass is 357 g/mol. The van der Waals surface area contributed by atoms with Gasteiger partial charge in [0, 0.05) is 5.39 Å². The van der Waals surface area contributed by atoms with Gasteiger partial charge in [0.25, 0.3) is 0 Å². The summed E-state index contributed by atoms with van der Waals surface area (Å²) in [5.41, 5.74) is 3.25. The molecule has 0 spiro atoms. The van der Waals surface area contributed by atoms with Crippen LogP contribution in [0, 0.1) is 6.92 Å². The molecule has 1 aliphatic rings. The van der Waals surface area contributed by atoms with Crippen LogP contribution in [-0.4, -0.2) is 13.5 Å². The molecule has 0 aliphatic heterocycles. The Balaban J connectivity index is 2.05. The lowest BCUT2D eigenvalue weighted by Crippen LogP contribution is -2.18. The van der Waals surface area contributed by atoms with Crippen LogP contribution in [0.1, 0.15) is 29.5 Å². The van der Waals surface area contributed by atoms with Gasteiger partial charge in [-0.2, -0.15) is 13.6 Å². The highest BCUT2D eigenvalue weighted by molar-refractivity contribution is 7.84. The number of fused-ring (bicyclic) bond motifs is 5. The summed E-state index contributed by atoms with van der Waals surface area (Å²) in [7, 11) is -4.09. The minimum atomic E-state index is -4.09. The number of nitrogens with two attached hydrogens (primary N) is 1. The first kappa shape index (κ1) is 16.2. The highest BCUT2D eigenvalue weighted by Gasteiger charge is 2.19. The molecule has 5 nitrogen and oxygen atoms in total. The summed E-state index contributed by atoms with van der Waals surface area (Å²) in [6.45, 7) is 1.83.